The van der Waals surface area contributed by atoms with Gasteiger partial charge < -0.3 is 29.7 Å². The number of nitrogens with zero attached hydrogens (tertiary/aromatic N) is 2. The summed E-state index contributed by atoms with van der Waals surface area (Å²) < 4.78 is 12.3. The van der Waals surface area contributed by atoms with Crippen molar-refractivity contribution in [3.63, 3.8) is 0 Å². The molecule has 5 rings (SSSR count). The maximum atomic E-state index is 14.8. The van der Waals surface area contributed by atoms with Crippen LogP contribution in [0.15, 0.2) is 86.0 Å². The van der Waals surface area contributed by atoms with Gasteiger partial charge >= 0.3 is 5.97 Å². The van der Waals surface area contributed by atoms with Gasteiger partial charge in [-0.3, -0.25) is 19.2 Å². The van der Waals surface area contributed by atoms with E-state index in [9.17, 15) is 24.3 Å². The van der Waals surface area contributed by atoms with Gasteiger partial charge in [-0.25, -0.2) is 0 Å². The molecule has 3 saturated heterocycles. The Morgan fingerprint density at radius 1 is 1.10 bits per heavy atom. The van der Waals surface area contributed by atoms with Crippen molar-refractivity contribution < 1.29 is 33.8 Å². The van der Waals surface area contributed by atoms with Gasteiger partial charge in [-0.05, 0) is 43.7 Å². The molecule has 2 aromatic carbocycles. The van der Waals surface area contributed by atoms with Crippen LogP contribution in [0, 0.1) is 11.8 Å². The number of rotatable bonds is 17. The van der Waals surface area contributed by atoms with E-state index >= 15 is 0 Å². The molecular formula is C39H49N3O7. The summed E-state index contributed by atoms with van der Waals surface area (Å²) in [6.07, 6.45) is 5.92. The molecule has 1 spiro atoms. The molecule has 0 aromatic heterocycles. The lowest BCUT2D eigenvalue weighted by Gasteiger charge is -2.41. The minimum Gasteiger partial charge on any atom is -0.463 e. The van der Waals surface area contributed by atoms with Crippen LogP contribution in [0.3, 0.4) is 0 Å². The van der Waals surface area contributed by atoms with Gasteiger partial charge in [-0.1, -0.05) is 86.2 Å². The number of aliphatic hydroxyl groups excluding tert-OH is 1. The molecule has 10 heteroatoms. The summed E-state index contributed by atoms with van der Waals surface area (Å²) >= 11 is 0. The van der Waals surface area contributed by atoms with Crippen LogP contribution in [0.5, 0.6) is 0 Å². The van der Waals surface area contributed by atoms with Crippen LogP contribution >= 0.6 is 0 Å². The summed E-state index contributed by atoms with van der Waals surface area (Å²) in [4.78, 5) is 59.6. The summed E-state index contributed by atoms with van der Waals surface area (Å²) in [7, 11) is 0. The van der Waals surface area contributed by atoms with E-state index in [1.165, 1.54) is 4.90 Å². The van der Waals surface area contributed by atoms with E-state index < -0.39 is 66.1 Å². The lowest BCUT2D eigenvalue weighted by atomic mass is 9.70. The lowest BCUT2D eigenvalue weighted by Crippen LogP contribution is -2.58. The number of carbonyl (C=O) groups is 4. The first-order valence-corrected chi connectivity index (χ1v) is 17.4. The van der Waals surface area contributed by atoms with Gasteiger partial charge in [-0.15, -0.1) is 13.2 Å². The van der Waals surface area contributed by atoms with E-state index in [0.29, 0.717) is 24.8 Å². The average Bonchev–Trinajstić information content (AvgIpc) is 3.76. The highest BCUT2D eigenvalue weighted by Crippen LogP contribution is 2.60. The zero-order valence-corrected chi connectivity index (χ0v) is 28.5. The Bertz CT molecular complexity index is 1500. The molecule has 0 aliphatic carbocycles. The number of likely N-dealkylation sites (tertiary alicyclic amines) is 1. The van der Waals surface area contributed by atoms with Crippen molar-refractivity contribution in [3.8, 4) is 0 Å². The quantitative estimate of drug-likeness (QED) is 0.185. The lowest BCUT2D eigenvalue weighted by molar-refractivity contribution is -0.152. The highest BCUT2D eigenvalue weighted by Gasteiger charge is 2.75. The van der Waals surface area contributed by atoms with E-state index in [1.54, 1.807) is 17.1 Å². The third-order valence-corrected chi connectivity index (χ3v) is 10.3. The van der Waals surface area contributed by atoms with E-state index in [2.05, 4.69) is 25.4 Å². The third-order valence-electron chi connectivity index (χ3n) is 10.3. The standard InChI is InChI=1S/C39H49N3O7/c1-5-8-20-32(44)48-25-29(27-16-11-9-12-17-27)40-36(45)33-31-21-22-39(49-31)34(33)37(46)42(30(24-43)28-18-13-10-14-19-28)35(39)38(47)41(23-7-3)26(4)15-6-2/h5,7,9-14,16-19,26,29-31,33-35,43H,1,3,6,8,15,20-25H2,2,4H3,(H,40,45)/t26?,29-,30+,31+,33-,34-,35+,39-/m0/s1. The van der Waals surface area contributed by atoms with Crippen molar-refractivity contribution in [1.29, 1.82) is 0 Å². The topological polar surface area (TPSA) is 125 Å². The predicted octanol–water partition coefficient (Wildman–Crippen LogP) is 4.66. The van der Waals surface area contributed by atoms with Crippen molar-refractivity contribution in [2.45, 2.75) is 88.2 Å². The number of esters is 1. The highest BCUT2D eigenvalue weighted by atomic mass is 16.5. The third kappa shape index (κ3) is 7.07. The van der Waals surface area contributed by atoms with Crippen LogP contribution < -0.4 is 5.32 Å². The molecular weight excluding hydrogens is 622 g/mol. The second-order valence-electron chi connectivity index (χ2n) is 13.3. The molecule has 10 nitrogen and oxygen atoms in total. The minimum atomic E-state index is -1.26. The number of nitrogens with one attached hydrogen (secondary N) is 1. The minimum absolute atomic E-state index is 0.0899. The number of benzene rings is 2. The van der Waals surface area contributed by atoms with Crippen molar-refractivity contribution in [2.75, 3.05) is 19.8 Å². The van der Waals surface area contributed by atoms with Gasteiger partial charge in [0.15, 0.2) is 0 Å². The molecule has 2 N–H and O–H groups in total. The number of allylic oxidation sites excluding steroid dienone is 1. The maximum absolute atomic E-state index is 14.8. The first kappa shape index (κ1) is 36.0. The zero-order valence-electron chi connectivity index (χ0n) is 28.5. The SMILES string of the molecule is C=CCCC(=O)OC[C@H](NC(=O)[C@@H]1[C@H]2C(=O)N([C@H](CO)c3ccccc3)[C@H](C(=O)N(CC=C)C(C)CCC)[C@]23CC[C@H]1O3)c1ccccc1. The average molecular weight is 672 g/mol. The first-order chi connectivity index (χ1) is 23.7. The Labute approximate surface area is 289 Å². The molecule has 3 amide bonds. The Morgan fingerprint density at radius 2 is 1.78 bits per heavy atom. The fourth-order valence-electron chi connectivity index (χ4n) is 8.04. The number of aliphatic hydroxyl groups is 1. The van der Waals surface area contributed by atoms with Gasteiger partial charge in [0.2, 0.25) is 17.7 Å². The van der Waals surface area contributed by atoms with Crippen LogP contribution in [-0.2, 0) is 28.7 Å². The molecule has 1 unspecified atom stereocenters. The summed E-state index contributed by atoms with van der Waals surface area (Å²) in [6, 6.07) is 15.7. The smallest absolute Gasteiger partial charge is 0.306 e. The zero-order chi connectivity index (χ0) is 35.1. The van der Waals surface area contributed by atoms with E-state index in [-0.39, 0.29) is 31.5 Å². The molecule has 3 aliphatic rings. The molecule has 3 fully saturated rings. The second kappa shape index (κ2) is 16.0. The Morgan fingerprint density at radius 3 is 2.39 bits per heavy atom. The largest absolute Gasteiger partial charge is 0.463 e. The van der Waals surface area contributed by atoms with Gasteiger partial charge in [0.05, 0.1) is 36.6 Å². The Hall–Kier alpha value is -4.28. The summed E-state index contributed by atoms with van der Waals surface area (Å²) in [5, 5.41) is 13.9. The number of fused-ring (bicyclic) bond motifs is 1. The van der Waals surface area contributed by atoms with Gasteiger partial charge in [0, 0.05) is 19.0 Å². The number of carbonyl (C=O) groups excluding carboxylic acids is 4. The molecule has 0 radical (unpaired) electrons. The molecule has 3 heterocycles. The van der Waals surface area contributed by atoms with Crippen LogP contribution in [0.2, 0.25) is 0 Å². The summed E-state index contributed by atoms with van der Waals surface area (Å²) in [6.45, 7) is 11.4. The number of ether oxygens (including phenoxy) is 2. The van der Waals surface area contributed by atoms with E-state index in [4.69, 9.17) is 9.47 Å². The predicted molar refractivity (Wildman–Crippen MR) is 185 cm³/mol. The second-order valence-corrected chi connectivity index (χ2v) is 13.3. The van der Waals surface area contributed by atoms with Gasteiger partial charge in [0.1, 0.15) is 18.2 Å². The molecule has 49 heavy (non-hydrogen) atoms. The fraction of sp³-hybridized carbons (Fsp3) is 0.487. The Balaban J connectivity index is 1.51. The Kier molecular flexibility index (Phi) is 11.7. The van der Waals surface area contributed by atoms with E-state index in [1.807, 2.05) is 67.6 Å². The molecule has 2 bridgehead atoms. The van der Waals surface area contributed by atoms with Gasteiger partial charge in [-0.2, -0.15) is 0 Å². The highest BCUT2D eigenvalue weighted by molar-refractivity contribution is 5.99. The first-order valence-electron chi connectivity index (χ1n) is 17.4. The monoisotopic (exact) mass is 671 g/mol. The van der Waals surface area contributed by atoms with Crippen LogP contribution in [0.4, 0.5) is 0 Å². The van der Waals surface area contributed by atoms with Crippen molar-refractivity contribution in [3.05, 3.63) is 97.1 Å². The normalized spacial score (nSPS) is 25.6. The number of hydrogen-bond donors (Lipinski definition) is 2. The molecule has 0 saturated carbocycles. The van der Waals surface area contributed by atoms with Crippen molar-refractivity contribution >= 4 is 23.7 Å². The van der Waals surface area contributed by atoms with Crippen LogP contribution in [-0.4, -0.2) is 82.1 Å². The van der Waals surface area contributed by atoms with Crippen molar-refractivity contribution in [1.82, 2.24) is 15.1 Å². The van der Waals surface area contributed by atoms with Crippen LogP contribution in [0.25, 0.3) is 0 Å². The maximum Gasteiger partial charge on any atom is 0.306 e. The summed E-state index contributed by atoms with van der Waals surface area (Å²) in [5.41, 5.74) is 0.170. The van der Waals surface area contributed by atoms with Crippen LogP contribution in [0.1, 0.15) is 75.6 Å². The molecule has 8 atom stereocenters. The molecule has 2 aromatic rings. The van der Waals surface area contributed by atoms with Crippen molar-refractivity contribution in [2.24, 2.45) is 11.8 Å². The number of amides is 3. The van der Waals surface area contributed by atoms with E-state index in [0.717, 1.165) is 18.4 Å². The summed E-state index contributed by atoms with van der Waals surface area (Å²) in [5.74, 6) is -3.32. The molecule has 3 aliphatic heterocycles. The number of hydrogen-bond acceptors (Lipinski definition) is 7. The fourth-order valence-corrected chi connectivity index (χ4v) is 8.04. The van der Waals surface area contributed by atoms with Gasteiger partial charge in [0.25, 0.3) is 0 Å². The molecule has 262 valence electrons.